The second kappa shape index (κ2) is 7.35. The fourth-order valence-corrected chi connectivity index (χ4v) is 3.80. The molecule has 2 fully saturated rings. The van der Waals surface area contributed by atoms with Gasteiger partial charge in [-0.25, -0.2) is 0 Å². The van der Waals surface area contributed by atoms with E-state index < -0.39 is 0 Å². The van der Waals surface area contributed by atoms with Crippen LogP contribution in [0.25, 0.3) is 0 Å². The molecule has 1 aromatic carbocycles. The summed E-state index contributed by atoms with van der Waals surface area (Å²) >= 11 is 0. The molecule has 2 aliphatic heterocycles. The summed E-state index contributed by atoms with van der Waals surface area (Å²) in [5.74, 6) is 1.68. The highest BCUT2D eigenvalue weighted by Gasteiger charge is 2.34. The van der Waals surface area contributed by atoms with Crippen molar-refractivity contribution in [1.29, 1.82) is 0 Å². The Morgan fingerprint density at radius 1 is 1.22 bits per heavy atom. The van der Waals surface area contributed by atoms with Gasteiger partial charge in [-0.15, -0.1) is 0 Å². The van der Waals surface area contributed by atoms with Crippen molar-refractivity contribution in [2.75, 3.05) is 20.2 Å². The van der Waals surface area contributed by atoms with Crippen molar-refractivity contribution < 1.29 is 9.53 Å². The molecule has 4 nitrogen and oxygen atoms in total. The van der Waals surface area contributed by atoms with Crippen LogP contribution in [0.3, 0.4) is 0 Å². The van der Waals surface area contributed by atoms with E-state index in [-0.39, 0.29) is 5.91 Å². The van der Waals surface area contributed by atoms with Crippen molar-refractivity contribution in [2.24, 2.45) is 5.92 Å². The molecule has 0 saturated carbocycles. The second-order valence-corrected chi connectivity index (χ2v) is 7.16. The number of carbonyl (C=O) groups excluding carboxylic acids is 1. The maximum Gasteiger partial charge on any atom is 0.222 e. The van der Waals surface area contributed by atoms with Crippen molar-refractivity contribution >= 4 is 5.91 Å². The number of benzene rings is 1. The SMILES string of the molecule is Cc1ccc(OCCN(C)C(=O)CC2CC3CCC(C2)N3)cc1. The normalized spacial score (nSPS) is 26.1. The van der Waals surface area contributed by atoms with Gasteiger partial charge in [0.15, 0.2) is 0 Å². The zero-order valence-electron chi connectivity index (χ0n) is 14.3. The van der Waals surface area contributed by atoms with E-state index in [1.165, 1.54) is 18.4 Å². The lowest BCUT2D eigenvalue weighted by atomic mass is 9.89. The number of hydrogen-bond acceptors (Lipinski definition) is 3. The lowest BCUT2D eigenvalue weighted by Gasteiger charge is -2.30. The Kier molecular flexibility index (Phi) is 5.21. The minimum absolute atomic E-state index is 0.254. The maximum atomic E-state index is 12.4. The number of carbonyl (C=O) groups is 1. The quantitative estimate of drug-likeness (QED) is 0.877. The van der Waals surface area contributed by atoms with Crippen LogP contribution in [0.2, 0.25) is 0 Å². The van der Waals surface area contributed by atoms with Crippen LogP contribution in [0.15, 0.2) is 24.3 Å². The van der Waals surface area contributed by atoms with Crippen molar-refractivity contribution in [1.82, 2.24) is 10.2 Å². The molecular weight excluding hydrogens is 288 g/mol. The Morgan fingerprint density at radius 2 is 1.87 bits per heavy atom. The molecule has 2 bridgehead atoms. The van der Waals surface area contributed by atoms with E-state index in [1.807, 2.05) is 36.2 Å². The van der Waals surface area contributed by atoms with E-state index in [0.29, 0.717) is 37.6 Å². The van der Waals surface area contributed by atoms with Crippen LogP contribution in [0.1, 0.15) is 37.7 Å². The number of likely N-dealkylation sites (N-methyl/N-ethyl adjacent to an activating group) is 1. The second-order valence-electron chi connectivity index (χ2n) is 7.16. The summed E-state index contributed by atoms with van der Waals surface area (Å²) in [6.07, 6.45) is 5.59. The van der Waals surface area contributed by atoms with Gasteiger partial charge in [0.05, 0.1) is 6.54 Å². The maximum absolute atomic E-state index is 12.4. The van der Waals surface area contributed by atoms with Gasteiger partial charge in [0, 0.05) is 25.6 Å². The lowest BCUT2D eigenvalue weighted by molar-refractivity contribution is -0.131. The molecule has 2 atom stereocenters. The predicted octanol–water partition coefficient (Wildman–Crippen LogP) is 2.75. The zero-order valence-corrected chi connectivity index (χ0v) is 14.3. The molecule has 1 amide bonds. The van der Waals surface area contributed by atoms with E-state index in [4.69, 9.17) is 4.74 Å². The summed E-state index contributed by atoms with van der Waals surface area (Å²) in [5.41, 5.74) is 1.22. The largest absolute Gasteiger partial charge is 0.492 e. The smallest absolute Gasteiger partial charge is 0.222 e. The number of fused-ring (bicyclic) bond motifs is 2. The molecule has 0 spiro atoms. The molecular formula is C19H28N2O2. The van der Waals surface area contributed by atoms with E-state index in [9.17, 15) is 4.79 Å². The van der Waals surface area contributed by atoms with Crippen LogP contribution in [-0.4, -0.2) is 43.1 Å². The molecule has 2 aliphatic rings. The van der Waals surface area contributed by atoms with E-state index in [2.05, 4.69) is 12.2 Å². The highest BCUT2D eigenvalue weighted by Crippen LogP contribution is 2.32. The first-order valence-electron chi connectivity index (χ1n) is 8.79. The summed E-state index contributed by atoms with van der Waals surface area (Å²) in [4.78, 5) is 14.2. The molecule has 0 aliphatic carbocycles. The van der Waals surface area contributed by atoms with Gasteiger partial charge < -0.3 is 15.0 Å². The number of amides is 1. The molecule has 2 unspecified atom stereocenters. The third-order valence-corrected chi connectivity index (χ3v) is 5.18. The first kappa shape index (κ1) is 16.3. The highest BCUT2D eigenvalue weighted by molar-refractivity contribution is 5.76. The molecule has 1 aromatic rings. The Bertz CT molecular complexity index is 517. The average molecular weight is 316 g/mol. The number of rotatable bonds is 6. The third-order valence-electron chi connectivity index (χ3n) is 5.18. The average Bonchev–Trinajstić information content (AvgIpc) is 2.88. The Morgan fingerprint density at radius 3 is 2.52 bits per heavy atom. The van der Waals surface area contributed by atoms with E-state index in [1.54, 1.807) is 0 Å². The number of ether oxygens (including phenoxy) is 1. The molecule has 1 N–H and O–H groups in total. The van der Waals surface area contributed by atoms with Gasteiger partial charge >= 0.3 is 0 Å². The van der Waals surface area contributed by atoms with Gasteiger partial charge in [-0.1, -0.05) is 17.7 Å². The van der Waals surface area contributed by atoms with Gasteiger partial charge in [0.2, 0.25) is 5.91 Å². The number of nitrogens with zero attached hydrogens (tertiary/aromatic N) is 1. The summed E-state index contributed by atoms with van der Waals surface area (Å²) in [7, 11) is 1.89. The van der Waals surface area contributed by atoms with Gasteiger partial charge in [-0.2, -0.15) is 0 Å². The number of piperidine rings is 1. The van der Waals surface area contributed by atoms with Gasteiger partial charge in [-0.3, -0.25) is 4.79 Å². The summed E-state index contributed by atoms with van der Waals surface area (Å²) in [5, 5.41) is 3.63. The summed E-state index contributed by atoms with van der Waals surface area (Å²) < 4.78 is 5.71. The van der Waals surface area contributed by atoms with Crippen LogP contribution < -0.4 is 10.1 Å². The van der Waals surface area contributed by atoms with E-state index >= 15 is 0 Å². The lowest BCUT2D eigenvalue weighted by Crippen LogP contribution is -2.40. The number of hydrogen-bond donors (Lipinski definition) is 1. The van der Waals surface area contributed by atoms with Crippen molar-refractivity contribution in [3.8, 4) is 5.75 Å². The van der Waals surface area contributed by atoms with Crippen molar-refractivity contribution in [2.45, 2.75) is 51.1 Å². The highest BCUT2D eigenvalue weighted by atomic mass is 16.5. The standard InChI is InChI=1S/C19H28N2O2/c1-14-3-7-18(8-4-14)23-10-9-21(2)19(22)13-15-11-16-5-6-17(12-15)20-16/h3-4,7-8,15-17,20H,5-6,9-13H2,1-2H3. The Hall–Kier alpha value is -1.55. The van der Waals surface area contributed by atoms with Crippen LogP contribution in [0.4, 0.5) is 0 Å². The van der Waals surface area contributed by atoms with Crippen molar-refractivity contribution in [3.05, 3.63) is 29.8 Å². The molecule has 2 heterocycles. The molecule has 2 saturated heterocycles. The van der Waals surface area contributed by atoms with Gasteiger partial charge in [0.1, 0.15) is 12.4 Å². The van der Waals surface area contributed by atoms with Crippen LogP contribution >= 0.6 is 0 Å². The van der Waals surface area contributed by atoms with Crippen LogP contribution in [-0.2, 0) is 4.79 Å². The molecule has 4 heteroatoms. The Labute approximate surface area is 139 Å². The fraction of sp³-hybridized carbons (Fsp3) is 0.632. The minimum atomic E-state index is 0.254. The van der Waals surface area contributed by atoms with Crippen LogP contribution in [0, 0.1) is 12.8 Å². The number of aryl methyl sites for hydroxylation is 1. The molecule has 3 rings (SSSR count). The predicted molar refractivity (Wildman–Crippen MR) is 91.6 cm³/mol. The van der Waals surface area contributed by atoms with Crippen molar-refractivity contribution in [3.63, 3.8) is 0 Å². The van der Waals surface area contributed by atoms with Crippen LogP contribution in [0.5, 0.6) is 5.75 Å². The molecule has 0 radical (unpaired) electrons. The van der Waals surface area contributed by atoms with E-state index in [0.717, 1.165) is 18.6 Å². The monoisotopic (exact) mass is 316 g/mol. The molecule has 0 aromatic heterocycles. The summed E-state index contributed by atoms with van der Waals surface area (Å²) in [6, 6.07) is 9.33. The third kappa shape index (κ3) is 4.47. The van der Waals surface area contributed by atoms with Gasteiger partial charge in [-0.05, 0) is 50.7 Å². The Balaban J connectivity index is 1.38. The fourth-order valence-electron chi connectivity index (χ4n) is 3.80. The van der Waals surface area contributed by atoms with Gasteiger partial charge in [0.25, 0.3) is 0 Å². The first-order valence-corrected chi connectivity index (χ1v) is 8.79. The minimum Gasteiger partial charge on any atom is -0.492 e. The summed E-state index contributed by atoms with van der Waals surface area (Å²) in [6.45, 7) is 3.25. The zero-order chi connectivity index (χ0) is 16.2. The molecule has 23 heavy (non-hydrogen) atoms. The molecule has 126 valence electrons. The topological polar surface area (TPSA) is 41.6 Å². The first-order chi connectivity index (χ1) is 11.1. The number of nitrogens with one attached hydrogen (secondary N) is 1.